The Morgan fingerprint density at radius 3 is 2.50 bits per heavy atom. The first-order chi connectivity index (χ1) is 12.6. The normalized spacial score (nSPS) is 10.4. The van der Waals surface area contributed by atoms with Gasteiger partial charge in [0.2, 0.25) is 5.91 Å². The van der Waals surface area contributed by atoms with E-state index in [1.54, 1.807) is 7.11 Å². The van der Waals surface area contributed by atoms with E-state index in [2.05, 4.69) is 10.6 Å². The summed E-state index contributed by atoms with van der Waals surface area (Å²) in [6, 6.07) is 13.3. The zero-order valence-corrected chi connectivity index (χ0v) is 15.9. The van der Waals surface area contributed by atoms with E-state index in [9.17, 15) is 4.79 Å². The molecule has 2 aromatic rings. The topological polar surface area (TPSA) is 59.6 Å². The average molecular weight is 377 g/mol. The van der Waals surface area contributed by atoms with Crippen molar-refractivity contribution in [3.63, 3.8) is 0 Å². The Labute approximate surface area is 159 Å². The van der Waals surface area contributed by atoms with Crippen LogP contribution in [0.15, 0.2) is 42.5 Å². The molecule has 0 saturated heterocycles. The Hall–Kier alpha value is -2.24. The maximum Gasteiger partial charge on any atom is 0.233 e. The van der Waals surface area contributed by atoms with E-state index in [1.807, 2.05) is 49.4 Å². The van der Waals surface area contributed by atoms with Crippen LogP contribution in [-0.2, 0) is 17.9 Å². The van der Waals surface area contributed by atoms with Crippen molar-refractivity contribution in [3.05, 3.63) is 58.6 Å². The Morgan fingerprint density at radius 1 is 1.08 bits per heavy atom. The molecule has 0 fully saturated rings. The van der Waals surface area contributed by atoms with Crippen LogP contribution >= 0.6 is 11.6 Å². The van der Waals surface area contributed by atoms with Crippen LogP contribution in [0.1, 0.15) is 24.5 Å². The molecule has 1 amide bonds. The maximum atomic E-state index is 11.6. The molecule has 140 valence electrons. The van der Waals surface area contributed by atoms with E-state index < -0.39 is 0 Å². The highest BCUT2D eigenvalue weighted by Gasteiger charge is 2.07. The van der Waals surface area contributed by atoms with E-state index in [0.717, 1.165) is 17.5 Å². The summed E-state index contributed by atoms with van der Waals surface area (Å²) < 4.78 is 11.3. The second kappa shape index (κ2) is 10.7. The molecule has 0 atom stereocenters. The molecule has 0 aromatic heterocycles. The van der Waals surface area contributed by atoms with E-state index in [1.165, 1.54) is 0 Å². The minimum Gasteiger partial charge on any atom is -0.493 e. The van der Waals surface area contributed by atoms with Gasteiger partial charge in [-0.2, -0.15) is 0 Å². The number of amides is 1. The van der Waals surface area contributed by atoms with Crippen LogP contribution in [-0.4, -0.2) is 26.1 Å². The highest BCUT2D eigenvalue weighted by Crippen LogP contribution is 2.29. The molecule has 2 N–H and O–H groups in total. The van der Waals surface area contributed by atoms with Gasteiger partial charge in [-0.25, -0.2) is 0 Å². The molecule has 0 aliphatic rings. The Kier molecular flexibility index (Phi) is 8.25. The fourth-order valence-electron chi connectivity index (χ4n) is 2.33. The minimum atomic E-state index is 0.00160. The second-order valence-corrected chi connectivity index (χ2v) is 6.29. The van der Waals surface area contributed by atoms with Crippen LogP contribution in [0.25, 0.3) is 0 Å². The summed E-state index contributed by atoms with van der Waals surface area (Å²) >= 11 is 5.89. The van der Waals surface area contributed by atoms with Crippen LogP contribution in [0, 0.1) is 0 Å². The van der Waals surface area contributed by atoms with Gasteiger partial charge in [0.05, 0.1) is 13.7 Å². The van der Waals surface area contributed by atoms with Gasteiger partial charge in [-0.3, -0.25) is 4.79 Å². The number of carbonyl (C=O) groups is 1. The van der Waals surface area contributed by atoms with Crippen molar-refractivity contribution in [1.29, 1.82) is 0 Å². The number of methoxy groups -OCH3 is 1. The summed E-state index contributed by atoms with van der Waals surface area (Å²) in [7, 11) is 1.61. The standard InChI is InChI=1S/C20H25ClN2O3/c1-3-10-23-20(24)13-22-12-16-6-9-18(19(11-16)25-2)26-14-15-4-7-17(21)8-5-15/h4-9,11,22H,3,10,12-14H2,1-2H3,(H,23,24). The second-order valence-electron chi connectivity index (χ2n) is 5.85. The first-order valence-electron chi connectivity index (χ1n) is 8.64. The van der Waals surface area contributed by atoms with Crippen LogP contribution in [0.2, 0.25) is 5.02 Å². The summed E-state index contributed by atoms with van der Waals surface area (Å²) in [4.78, 5) is 11.6. The summed E-state index contributed by atoms with van der Waals surface area (Å²) in [5.74, 6) is 1.34. The average Bonchev–Trinajstić information content (AvgIpc) is 2.66. The molecular formula is C20H25ClN2O3. The van der Waals surface area contributed by atoms with Gasteiger partial charge >= 0.3 is 0 Å². The van der Waals surface area contributed by atoms with E-state index in [4.69, 9.17) is 21.1 Å². The lowest BCUT2D eigenvalue weighted by Crippen LogP contribution is -2.33. The molecule has 0 bridgehead atoms. The van der Waals surface area contributed by atoms with Crippen LogP contribution in [0.3, 0.4) is 0 Å². The van der Waals surface area contributed by atoms with Crippen molar-refractivity contribution in [2.75, 3.05) is 20.2 Å². The summed E-state index contributed by atoms with van der Waals surface area (Å²) in [5.41, 5.74) is 2.05. The summed E-state index contributed by atoms with van der Waals surface area (Å²) in [5, 5.41) is 6.66. The van der Waals surface area contributed by atoms with Gasteiger partial charge in [-0.1, -0.05) is 36.7 Å². The number of rotatable bonds is 10. The number of hydrogen-bond donors (Lipinski definition) is 2. The number of halogens is 1. The van der Waals surface area contributed by atoms with Crippen molar-refractivity contribution in [2.45, 2.75) is 26.5 Å². The number of carbonyl (C=O) groups excluding carboxylic acids is 1. The highest BCUT2D eigenvalue weighted by atomic mass is 35.5. The summed E-state index contributed by atoms with van der Waals surface area (Å²) in [6.45, 7) is 4.03. The smallest absolute Gasteiger partial charge is 0.233 e. The van der Waals surface area contributed by atoms with Gasteiger partial charge in [-0.05, 0) is 41.8 Å². The monoisotopic (exact) mass is 376 g/mol. The molecule has 0 spiro atoms. The molecule has 0 aliphatic carbocycles. The Bertz CT molecular complexity index is 705. The van der Waals surface area contributed by atoms with Crippen LogP contribution < -0.4 is 20.1 Å². The quantitative estimate of drug-likeness (QED) is 0.665. The predicted molar refractivity (Wildman–Crippen MR) is 104 cm³/mol. The van der Waals surface area contributed by atoms with E-state index in [-0.39, 0.29) is 12.5 Å². The molecule has 0 radical (unpaired) electrons. The van der Waals surface area contributed by atoms with E-state index in [0.29, 0.717) is 36.2 Å². The van der Waals surface area contributed by atoms with E-state index >= 15 is 0 Å². The molecular weight excluding hydrogens is 352 g/mol. The largest absolute Gasteiger partial charge is 0.493 e. The lowest BCUT2D eigenvalue weighted by molar-refractivity contribution is -0.120. The molecule has 0 saturated carbocycles. The zero-order valence-electron chi connectivity index (χ0n) is 15.2. The number of ether oxygens (including phenoxy) is 2. The molecule has 2 aromatic carbocycles. The van der Waals surface area contributed by atoms with Crippen LogP contribution in [0.5, 0.6) is 11.5 Å². The zero-order chi connectivity index (χ0) is 18.8. The summed E-state index contributed by atoms with van der Waals surface area (Å²) in [6.07, 6.45) is 0.931. The van der Waals surface area contributed by atoms with Crippen molar-refractivity contribution < 1.29 is 14.3 Å². The van der Waals surface area contributed by atoms with Gasteiger partial charge in [0.25, 0.3) is 0 Å². The third-order valence-electron chi connectivity index (χ3n) is 3.72. The Balaban J connectivity index is 1.87. The molecule has 26 heavy (non-hydrogen) atoms. The number of hydrogen-bond acceptors (Lipinski definition) is 4. The van der Waals surface area contributed by atoms with Crippen molar-refractivity contribution in [3.8, 4) is 11.5 Å². The van der Waals surface area contributed by atoms with Gasteiger partial charge in [0.15, 0.2) is 11.5 Å². The van der Waals surface area contributed by atoms with Crippen molar-refractivity contribution in [2.24, 2.45) is 0 Å². The molecule has 0 unspecified atom stereocenters. The van der Waals surface area contributed by atoms with Gasteiger partial charge in [0.1, 0.15) is 6.61 Å². The van der Waals surface area contributed by atoms with Crippen molar-refractivity contribution in [1.82, 2.24) is 10.6 Å². The number of benzene rings is 2. The lowest BCUT2D eigenvalue weighted by atomic mass is 10.2. The predicted octanol–water partition coefficient (Wildman–Crippen LogP) is 3.54. The van der Waals surface area contributed by atoms with Crippen LogP contribution in [0.4, 0.5) is 0 Å². The fraction of sp³-hybridized carbons (Fsp3) is 0.350. The maximum absolute atomic E-state index is 11.6. The van der Waals surface area contributed by atoms with Gasteiger partial charge in [-0.15, -0.1) is 0 Å². The van der Waals surface area contributed by atoms with Gasteiger partial charge < -0.3 is 20.1 Å². The van der Waals surface area contributed by atoms with Crippen molar-refractivity contribution >= 4 is 17.5 Å². The third-order valence-corrected chi connectivity index (χ3v) is 3.97. The first-order valence-corrected chi connectivity index (χ1v) is 9.01. The molecule has 5 nitrogen and oxygen atoms in total. The first kappa shape index (κ1) is 20.1. The highest BCUT2D eigenvalue weighted by molar-refractivity contribution is 6.30. The SMILES string of the molecule is CCCNC(=O)CNCc1ccc(OCc2ccc(Cl)cc2)c(OC)c1. The lowest BCUT2D eigenvalue weighted by Gasteiger charge is -2.13. The molecule has 0 heterocycles. The Morgan fingerprint density at radius 2 is 1.81 bits per heavy atom. The molecule has 0 aliphatic heterocycles. The third kappa shape index (κ3) is 6.58. The number of nitrogens with one attached hydrogen (secondary N) is 2. The fourth-order valence-corrected chi connectivity index (χ4v) is 2.46. The van der Waals surface area contributed by atoms with Gasteiger partial charge in [0, 0.05) is 18.1 Å². The molecule has 6 heteroatoms. The minimum absolute atomic E-state index is 0.00160. The molecule has 2 rings (SSSR count).